The fourth-order valence-electron chi connectivity index (χ4n) is 6.57. The van der Waals surface area contributed by atoms with Crippen molar-refractivity contribution in [2.24, 2.45) is 22.7 Å². The van der Waals surface area contributed by atoms with Gasteiger partial charge in [0, 0.05) is 26.2 Å². The summed E-state index contributed by atoms with van der Waals surface area (Å²) in [6, 6.07) is 6.25. The summed E-state index contributed by atoms with van der Waals surface area (Å²) in [5, 5.41) is 3.42. The second-order valence-corrected chi connectivity index (χ2v) is 9.70. The van der Waals surface area contributed by atoms with E-state index < -0.39 is 0 Å². The fourth-order valence-corrected chi connectivity index (χ4v) is 6.57. The van der Waals surface area contributed by atoms with E-state index in [2.05, 4.69) is 25.2 Å². The minimum Gasteiger partial charge on any atom is -0.493 e. The summed E-state index contributed by atoms with van der Waals surface area (Å²) in [7, 11) is 4.95. The molecule has 3 fully saturated rings. The lowest BCUT2D eigenvalue weighted by atomic mass is 9.59. The molecule has 1 N–H and O–H groups in total. The van der Waals surface area contributed by atoms with Gasteiger partial charge in [-0.05, 0) is 59.6 Å². The molecule has 0 aromatic heterocycles. The maximum atomic E-state index is 12.6. The van der Waals surface area contributed by atoms with Crippen molar-refractivity contribution in [3.8, 4) is 11.5 Å². The molecule has 1 aromatic carbocycles. The number of rotatable bonds is 7. The van der Waals surface area contributed by atoms with Crippen LogP contribution in [0.5, 0.6) is 11.5 Å². The van der Waals surface area contributed by atoms with Crippen molar-refractivity contribution in [2.45, 2.75) is 51.7 Å². The van der Waals surface area contributed by atoms with E-state index in [9.17, 15) is 4.79 Å². The van der Waals surface area contributed by atoms with Crippen LogP contribution in [-0.4, -0.2) is 46.5 Å². The van der Waals surface area contributed by atoms with E-state index in [0.717, 1.165) is 36.3 Å². The van der Waals surface area contributed by atoms with Crippen molar-refractivity contribution in [2.75, 3.05) is 34.5 Å². The first kappa shape index (κ1) is 21.4. The predicted octanol–water partition coefficient (Wildman–Crippen LogP) is 3.74. The molecule has 5 atom stereocenters. The van der Waals surface area contributed by atoms with Gasteiger partial charge in [-0.1, -0.05) is 19.9 Å². The Labute approximate surface area is 179 Å². The van der Waals surface area contributed by atoms with Crippen LogP contribution in [0.1, 0.15) is 51.2 Å². The summed E-state index contributed by atoms with van der Waals surface area (Å²) >= 11 is 0. The van der Waals surface area contributed by atoms with Crippen molar-refractivity contribution in [1.82, 2.24) is 5.32 Å². The Hall–Kier alpha value is -1.79. The number of benzene rings is 1. The summed E-state index contributed by atoms with van der Waals surface area (Å²) in [5.74, 6) is 2.51. The number of hydrogen-bond acceptors (Lipinski definition) is 5. The lowest BCUT2D eigenvalue weighted by Gasteiger charge is -2.53. The highest BCUT2D eigenvalue weighted by Crippen LogP contribution is 2.70. The number of fused-ring (bicyclic) bond motifs is 1. The lowest BCUT2D eigenvalue weighted by Crippen LogP contribution is -2.59. The number of nitrogens with one attached hydrogen (secondary N) is 1. The molecule has 6 nitrogen and oxygen atoms in total. The molecular formula is C24H35NO5. The summed E-state index contributed by atoms with van der Waals surface area (Å²) < 4.78 is 22.4. The largest absolute Gasteiger partial charge is 0.493 e. The van der Waals surface area contributed by atoms with Gasteiger partial charge >= 0.3 is 0 Å². The zero-order valence-electron chi connectivity index (χ0n) is 18.8. The lowest BCUT2D eigenvalue weighted by molar-refractivity contribution is -0.137. The highest BCUT2D eigenvalue weighted by molar-refractivity contribution is 5.76. The van der Waals surface area contributed by atoms with Crippen molar-refractivity contribution in [1.29, 1.82) is 0 Å². The van der Waals surface area contributed by atoms with E-state index in [0.29, 0.717) is 31.5 Å². The Balaban J connectivity index is 1.63. The van der Waals surface area contributed by atoms with Gasteiger partial charge in [0.25, 0.3) is 0 Å². The first-order chi connectivity index (χ1) is 14.4. The number of carbonyl (C=O) groups excluding carboxylic acids is 1. The van der Waals surface area contributed by atoms with Crippen LogP contribution in [-0.2, 0) is 14.3 Å². The summed E-state index contributed by atoms with van der Waals surface area (Å²) in [5.41, 5.74) is 1.29. The molecule has 2 saturated carbocycles. The molecule has 1 heterocycles. The van der Waals surface area contributed by atoms with Gasteiger partial charge in [-0.25, -0.2) is 0 Å². The first-order valence-corrected chi connectivity index (χ1v) is 11.0. The van der Waals surface area contributed by atoms with Gasteiger partial charge in [0.1, 0.15) is 0 Å². The van der Waals surface area contributed by atoms with E-state index in [1.165, 1.54) is 0 Å². The predicted molar refractivity (Wildman–Crippen MR) is 114 cm³/mol. The van der Waals surface area contributed by atoms with Crippen molar-refractivity contribution < 1.29 is 23.7 Å². The molecule has 1 amide bonds. The van der Waals surface area contributed by atoms with Gasteiger partial charge in [-0.3, -0.25) is 4.79 Å². The Morgan fingerprint density at radius 2 is 1.97 bits per heavy atom. The van der Waals surface area contributed by atoms with E-state index in [-0.39, 0.29) is 28.9 Å². The van der Waals surface area contributed by atoms with Gasteiger partial charge in [-0.2, -0.15) is 0 Å². The number of ether oxygens (including phenoxy) is 4. The third kappa shape index (κ3) is 3.28. The van der Waals surface area contributed by atoms with Crippen molar-refractivity contribution >= 4 is 5.91 Å². The van der Waals surface area contributed by atoms with Gasteiger partial charge in [-0.15, -0.1) is 0 Å². The second kappa shape index (κ2) is 8.04. The summed E-state index contributed by atoms with van der Waals surface area (Å²) in [6.45, 7) is 5.81. The topological polar surface area (TPSA) is 66.0 Å². The van der Waals surface area contributed by atoms with Crippen LogP contribution in [0.2, 0.25) is 0 Å². The first-order valence-electron chi connectivity index (χ1n) is 11.0. The Morgan fingerprint density at radius 3 is 2.67 bits per heavy atom. The number of hydrogen-bond donors (Lipinski definition) is 1. The third-order valence-corrected chi connectivity index (χ3v) is 8.08. The van der Waals surface area contributed by atoms with Crippen LogP contribution in [0.25, 0.3) is 0 Å². The quantitative estimate of drug-likeness (QED) is 0.732. The minimum absolute atomic E-state index is 0.0121. The molecular weight excluding hydrogens is 382 g/mol. The smallest absolute Gasteiger partial charge is 0.222 e. The summed E-state index contributed by atoms with van der Waals surface area (Å²) in [6.07, 6.45) is 3.71. The fraction of sp³-hybridized carbons (Fsp3) is 0.708. The van der Waals surface area contributed by atoms with Crippen LogP contribution in [0, 0.1) is 22.7 Å². The normalized spacial score (nSPS) is 33.8. The Bertz CT molecular complexity index is 794. The van der Waals surface area contributed by atoms with Gasteiger partial charge in [0.2, 0.25) is 5.91 Å². The van der Waals surface area contributed by atoms with E-state index in [1.54, 1.807) is 21.3 Å². The molecule has 1 saturated heterocycles. The zero-order valence-corrected chi connectivity index (χ0v) is 18.8. The molecule has 3 aliphatic rings. The zero-order chi connectivity index (χ0) is 21.5. The molecule has 0 radical (unpaired) electrons. The average Bonchev–Trinajstić information content (AvgIpc) is 3.24. The number of amides is 1. The molecule has 2 bridgehead atoms. The molecule has 1 spiro atoms. The molecule has 4 rings (SSSR count). The van der Waals surface area contributed by atoms with E-state index in [4.69, 9.17) is 18.9 Å². The Kier molecular flexibility index (Phi) is 5.75. The highest BCUT2D eigenvalue weighted by atomic mass is 16.5. The standard InChI is InChI=1S/C24H35NO5/c1-23(2)16-13-17-21(15-6-7-18(28-4)19(12-15)29-5)30-11-9-24(17,14-16)22(23)25-20(26)8-10-27-3/h6-7,12,16-17,21-22H,8-11,13-14H2,1-5H3,(H,25,26)/t16-,17-,21-,22+,24-/m1/s1. The SMILES string of the molecule is COCCC(=O)N[C@H]1C(C)(C)[C@@H]2C[C@@H]3[C@@H](c4ccc(OC)c(OC)c4)OCC[C@@]31C2. The number of carbonyl (C=O) groups is 1. The Morgan fingerprint density at radius 1 is 1.20 bits per heavy atom. The molecule has 6 heteroatoms. The average molecular weight is 418 g/mol. The minimum atomic E-state index is 0.0121. The third-order valence-electron chi connectivity index (χ3n) is 8.08. The molecule has 1 aromatic rings. The van der Waals surface area contributed by atoms with Crippen LogP contribution in [0.4, 0.5) is 0 Å². The number of methoxy groups -OCH3 is 3. The summed E-state index contributed by atoms with van der Waals surface area (Å²) in [4.78, 5) is 12.6. The molecule has 166 valence electrons. The van der Waals surface area contributed by atoms with Crippen molar-refractivity contribution in [3.05, 3.63) is 23.8 Å². The van der Waals surface area contributed by atoms with E-state index >= 15 is 0 Å². The molecule has 1 aliphatic heterocycles. The molecule has 2 aliphatic carbocycles. The van der Waals surface area contributed by atoms with Gasteiger partial charge in [0.15, 0.2) is 11.5 Å². The van der Waals surface area contributed by atoms with Crippen LogP contribution in [0.15, 0.2) is 18.2 Å². The van der Waals surface area contributed by atoms with Crippen LogP contribution in [0.3, 0.4) is 0 Å². The maximum absolute atomic E-state index is 12.6. The second-order valence-electron chi connectivity index (χ2n) is 9.70. The van der Waals surface area contributed by atoms with Gasteiger partial charge < -0.3 is 24.3 Å². The van der Waals surface area contributed by atoms with Crippen molar-refractivity contribution in [3.63, 3.8) is 0 Å². The molecule has 30 heavy (non-hydrogen) atoms. The maximum Gasteiger partial charge on any atom is 0.222 e. The van der Waals surface area contributed by atoms with E-state index in [1.807, 2.05) is 12.1 Å². The monoisotopic (exact) mass is 417 g/mol. The van der Waals surface area contributed by atoms with Gasteiger partial charge in [0.05, 0.1) is 26.9 Å². The molecule has 0 unspecified atom stereocenters. The van der Waals surface area contributed by atoms with Crippen LogP contribution < -0.4 is 14.8 Å². The highest BCUT2D eigenvalue weighted by Gasteiger charge is 2.68. The van der Waals surface area contributed by atoms with Crippen LogP contribution >= 0.6 is 0 Å².